The van der Waals surface area contributed by atoms with Gasteiger partial charge in [0.1, 0.15) is 0 Å². The Balaban J connectivity index is 1.88. The molecule has 3 rings (SSSR count). The van der Waals surface area contributed by atoms with E-state index in [-0.39, 0.29) is 17.9 Å². The highest BCUT2D eigenvalue weighted by molar-refractivity contribution is 6.09. The SMILES string of the molecule is C=c1c2cccc3cccc(c(=O)n1CCCCCC(=O)NO)c32. The first-order chi connectivity index (χ1) is 11.6. The van der Waals surface area contributed by atoms with Gasteiger partial charge >= 0.3 is 0 Å². The Labute approximate surface area is 139 Å². The van der Waals surface area contributed by atoms with E-state index in [0.717, 1.165) is 39.7 Å². The Morgan fingerprint density at radius 1 is 1.08 bits per heavy atom. The molecule has 0 saturated carbocycles. The van der Waals surface area contributed by atoms with E-state index in [1.165, 1.54) is 0 Å². The number of hydroxylamine groups is 1. The molecule has 0 radical (unpaired) electrons. The van der Waals surface area contributed by atoms with Gasteiger partial charge in [0.2, 0.25) is 5.91 Å². The molecule has 3 aromatic rings. The third-order valence-corrected chi connectivity index (χ3v) is 4.43. The zero-order valence-electron chi connectivity index (χ0n) is 13.4. The fraction of sp³-hybridized carbons (Fsp3) is 0.263. The maximum Gasteiger partial charge on any atom is 0.258 e. The number of unbranched alkanes of at least 4 members (excludes halogenated alkanes) is 2. The van der Waals surface area contributed by atoms with Gasteiger partial charge in [-0.25, -0.2) is 5.48 Å². The minimum absolute atomic E-state index is 0.0163. The van der Waals surface area contributed by atoms with Crippen LogP contribution in [-0.2, 0) is 11.3 Å². The molecule has 0 fully saturated rings. The number of amides is 1. The number of benzene rings is 2. The molecule has 2 aromatic carbocycles. The molecule has 24 heavy (non-hydrogen) atoms. The Bertz CT molecular complexity index is 928. The highest BCUT2D eigenvalue weighted by atomic mass is 16.5. The van der Waals surface area contributed by atoms with Crippen molar-refractivity contribution in [1.82, 2.24) is 10.0 Å². The van der Waals surface area contributed by atoms with Crippen LogP contribution in [0.4, 0.5) is 0 Å². The molecule has 2 N–H and O–H groups in total. The number of hydrogen-bond donors (Lipinski definition) is 2. The quantitative estimate of drug-likeness (QED) is 0.415. The topological polar surface area (TPSA) is 71.3 Å². The van der Waals surface area contributed by atoms with Crippen molar-refractivity contribution in [2.45, 2.75) is 32.2 Å². The van der Waals surface area contributed by atoms with E-state index in [1.807, 2.05) is 36.4 Å². The van der Waals surface area contributed by atoms with Crippen LogP contribution in [0.25, 0.3) is 28.1 Å². The smallest absolute Gasteiger partial charge is 0.258 e. The molecule has 0 unspecified atom stereocenters. The molecule has 5 nitrogen and oxygen atoms in total. The maximum atomic E-state index is 12.8. The summed E-state index contributed by atoms with van der Waals surface area (Å²) >= 11 is 0. The molecular formula is C19H20N2O3. The van der Waals surface area contributed by atoms with Crippen molar-refractivity contribution in [2.75, 3.05) is 0 Å². The van der Waals surface area contributed by atoms with Gasteiger partial charge in [-0.3, -0.25) is 14.8 Å². The fourth-order valence-electron chi connectivity index (χ4n) is 3.20. The highest BCUT2D eigenvalue weighted by Crippen LogP contribution is 2.21. The van der Waals surface area contributed by atoms with Crippen molar-refractivity contribution in [1.29, 1.82) is 0 Å². The van der Waals surface area contributed by atoms with E-state index in [4.69, 9.17) is 5.21 Å². The molecule has 5 heteroatoms. The van der Waals surface area contributed by atoms with Crippen molar-refractivity contribution >= 4 is 34.0 Å². The van der Waals surface area contributed by atoms with Crippen LogP contribution in [-0.4, -0.2) is 15.7 Å². The Morgan fingerprint density at radius 2 is 1.79 bits per heavy atom. The standard InChI is InChI=1S/C19H20N2O3/c1-13-15-9-5-7-14-8-6-10-16(18(14)15)19(23)21(13)12-4-2-3-11-17(22)20-24/h5-10,24H,1-4,11-12H2,(H,20,22). The van der Waals surface area contributed by atoms with Gasteiger partial charge in [-0.1, -0.05) is 43.3 Å². The molecule has 0 spiro atoms. The van der Waals surface area contributed by atoms with Gasteiger partial charge in [-0.15, -0.1) is 0 Å². The van der Waals surface area contributed by atoms with Gasteiger partial charge in [-0.2, -0.15) is 0 Å². The van der Waals surface area contributed by atoms with Crippen LogP contribution >= 0.6 is 0 Å². The first kappa shape index (κ1) is 16.2. The summed E-state index contributed by atoms with van der Waals surface area (Å²) in [5.74, 6) is -0.380. The second kappa shape index (κ2) is 6.84. The van der Waals surface area contributed by atoms with Gasteiger partial charge in [0.15, 0.2) is 0 Å². The van der Waals surface area contributed by atoms with Crippen molar-refractivity contribution in [3.05, 3.63) is 52.1 Å². The summed E-state index contributed by atoms with van der Waals surface area (Å²) in [7, 11) is 0. The molecule has 1 amide bonds. The zero-order valence-corrected chi connectivity index (χ0v) is 13.4. The van der Waals surface area contributed by atoms with Crippen LogP contribution in [0.3, 0.4) is 0 Å². The second-order valence-corrected chi connectivity index (χ2v) is 5.96. The van der Waals surface area contributed by atoms with Crippen LogP contribution in [0.15, 0.2) is 41.2 Å². The lowest BCUT2D eigenvalue weighted by Gasteiger charge is -2.12. The molecular weight excluding hydrogens is 304 g/mol. The van der Waals surface area contributed by atoms with Gasteiger partial charge < -0.3 is 4.57 Å². The number of hydrogen-bond acceptors (Lipinski definition) is 3. The van der Waals surface area contributed by atoms with Gasteiger partial charge in [0.05, 0.1) is 0 Å². The van der Waals surface area contributed by atoms with Gasteiger partial charge in [-0.05, 0) is 24.3 Å². The number of carbonyl (C=O) groups excluding carboxylic acids is 1. The Morgan fingerprint density at radius 3 is 2.50 bits per heavy atom. The molecule has 1 aromatic heterocycles. The van der Waals surface area contributed by atoms with E-state index >= 15 is 0 Å². The van der Waals surface area contributed by atoms with Crippen LogP contribution in [0.2, 0.25) is 0 Å². The Hall–Kier alpha value is -2.66. The Kier molecular flexibility index (Phi) is 4.62. The average molecular weight is 324 g/mol. The zero-order chi connectivity index (χ0) is 17.1. The first-order valence-electron chi connectivity index (χ1n) is 8.09. The molecule has 0 atom stereocenters. The number of carbonyl (C=O) groups is 1. The van der Waals surface area contributed by atoms with E-state index in [1.54, 1.807) is 10.0 Å². The monoisotopic (exact) mass is 324 g/mol. The highest BCUT2D eigenvalue weighted by Gasteiger charge is 2.10. The summed E-state index contributed by atoms with van der Waals surface area (Å²) in [5.41, 5.74) is 1.61. The lowest BCUT2D eigenvalue weighted by Crippen LogP contribution is -2.33. The maximum absolute atomic E-state index is 12.8. The van der Waals surface area contributed by atoms with Crippen molar-refractivity contribution in [3.63, 3.8) is 0 Å². The number of nitrogens with one attached hydrogen (secondary N) is 1. The van der Waals surface area contributed by atoms with Gasteiger partial charge in [0, 0.05) is 34.5 Å². The largest absolute Gasteiger partial charge is 0.308 e. The number of pyridine rings is 1. The molecule has 0 bridgehead atoms. The number of aromatic nitrogens is 1. The first-order valence-corrected chi connectivity index (χ1v) is 8.09. The molecule has 0 saturated heterocycles. The van der Waals surface area contributed by atoms with Gasteiger partial charge in [0.25, 0.3) is 5.56 Å². The molecule has 0 aliphatic rings. The fourth-order valence-corrected chi connectivity index (χ4v) is 3.20. The van der Waals surface area contributed by atoms with Crippen LogP contribution < -0.4 is 16.4 Å². The third-order valence-electron chi connectivity index (χ3n) is 4.43. The minimum Gasteiger partial charge on any atom is -0.308 e. The molecule has 0 aliphatic carbocycles. The van der Waals surface area contributed by atoms with Crippen LogP contribution in [0.5, 0.6) is 0 Å². The van der Waals surface area contributed by atoms with E-state index in [0.29, 0.717) is 13.0 Å². The summed E-state index contributed by atoms with van der Waals surface area (Å²) in [4.78, 5) is 23.8. The molecule has 0 aliphatic heterocycles. The van der Waals surface area contributed by atoms with Crippen LogP contribution in [0.1, 0.15) is 25.7 Å². The van der Waals surface area contributed by atoms with E-state index in [9.17, 15) is 9.59 Å². The predicted molar refractivity (Wildman–Crippen MR) is 94.9 cm³/mol. The predicted octanol–water partition coefficient (Wildman–Crippen LogP) is 2.35. The average Bonchev–Trinajstić information content (AvgIpc) is 2.61. The lowest BCUT2D eigenvalue weighted by atomic mass is 10.0. The summed E-state index contributed by atoms with van der Waals surface area (Å²) in [5, 5.41) is 12.9. The summed E-state index contributed by atoms with van der Waals surface area (Å²) in [6.45, 7) is 4.69. The summed E-state index contributed by atoms with van der Waals surface area (Å²) in [6, 6.07) is 11.8. The van der Waals surface area contributed by atoms with E-state index < -0.39 is 0 Å². The van der Waals surface area contributed by atoms with E-state index in [2.05, 4.69) is 6.58 Å². The van der Waals surface area contributed by atoms with Crippen molar-refractivity contribution in [2.24, 2.45) is 0 Å². The van der Waals surface area contributed by atoms with Crippen molar-refractivity contribution in [3.8, 4) is 0 Å². The summed E-state index contributed by atoms with van der Waals surface area (Å²) in [6.07, 6.45) is 2.54. The summed E-state index contributed by atoms with van der Waals surface area (Å²) < 4.78 is 1.73. The van der Waals surface area contributed by atoms with Crippen LogP contribution in [0, 0.1) is 0 Å². The normalized spacial score (nSPS) is 11.2. The molecule has 1 heterocycles. The minimum atomic E-state index is -0.380. The second-order valence-electron chi connectivity index (χ2n) is 5.96. The number of rotatable bonds is 6. The molecule has 124 valence electrons. The third kappa shape index (κ3) is 2.90. The van der Waals surface area contributed by atoms with Crippen molar-refractivity contribution < 1.29 is 10.0 Å². The number of nitrogens with zero attached hydrogens (tertiary/aromatic N) is 1. The lowest BCUT2D eigenvalue weighted by molar-refractivity contribution is -0.129.